The van der Waals surface area contributed by atoms with Gasteiger partial charge in [0.2, 0.25) is 0 Å². The summed E-state index contributed by atoms with van der Waals surface area (Å²) in [4.78, 5) is 9.11. The van der Waals surface area contributed by atoms with Crippen molar-refractivity contribution >= 4 is 10.8 Å². The van der Waals surface area contributed by atoms with Crippen LogP contribution in [0.1, 0.15) is 51.3 Å². The van der Waals surface area contributed by atoms with Crippen molar-refractivity contribution < 1.29 is 20.1 Å². The average Bonchev–Trinajstić information content (AvgIpc) is 3.35. The number of pyridine rings is 2. The molecule has 7 aromatic rings. The molecular formula is C45H38IrN2-2. The molecule has 0 saturated heterocycles. The summed E-state index contributed by atoms with van der Waals surface area (Å²) in [5.74, 6) is 0. The van der Waals surface area contributed by atoms with E-state index >= 15 is 0 Å². The Morgan fingerprint density at radius 2 is 1.29 bits per heavy atom. The van der Waals surface area contributed by atoms with Crippen LogP contribution >= 0.6 is 0 Å². The Morgan fingerprint density at radius 1 is 0.583 bits per heavy atom. The Balaban J connectivity index is 0.000000165. The van der Waals surface area contributed by atoms with Gasteiger partial charge < -0.3 is 9.97 Å². The minimum absolute atomic E-state index is 0. The van der Waals surface area contributed by atoms with Gasteiger partial charge in [-0.05, 0) is 67.4 Å². The molecule has 5 aromatic carbocycles. The first-order chi connectivity index (χ1) is 22.7. The molecule has 2 heterocycles. The van der Waals surface area contributed by atoms with Crippen LogP contribution < -0.4 is 0 Å². The molecule has 239 valence electrons. The molecular weight excluding hydrogens is 761 g/mol. The molecule has 48 heavy (non-hydrogen) atoms. The SMILES string of the molecule is CC(C)(C)c1ccnc(-c2[c-]ccc(-c3ccccc3)c2)c1.CC1(C)c2c(-c3ccccn3)[c-]ccc2-c2ccc3ccccc3c21.[Ir]. The Labute approximate surface area is 298 Å². The molecule has 1 aliphatic rings. The van der Waals surface area contributed by atoms with Crippen LogP contribution in [0.2, 0.25) is 0 Å². The number of aromatic nitrogens is 2. The molecule has 2 aromatic heterocycles. The van der Waals surface area contributed by atoms with Crippen LogP contribution in [0.5, 0.6) is 0 Å². The topological polar surface area (TPSA) is 25.8 Å². The maximum absolute atomic E-state index is 4.59. The molecule has 1 aliphatic carbocycles. The normalized spacial score (nSPS) is 12.7. The van der Waals surface area contributed by atoms with Crippen LogP contribution in [0.4, 0.5) is 0 Å². The van der Waals surface area contributed by atoms with Crippen molar-refractivity contribution in [3.05, 3.63) is 169 Å². The monoisotopic (exact) mass is 799 g/mol. The second-order valence-electron chi connectivity index (χ2n) is 13.7. The maximum Gasteiger partial charge on any atom is 0.0163 e. The van der Waals surface area contributed by atoms with E-state index in [0.29, 0.717) is 0 Å². The third-order valence-corrected chi connectivity index (χ3v) is 9.20. The summed E-state index contributed by atoms with van der Waals surface area (Å²) in [7, 11) is 0. The molecule has 8 rings (SSSR count). The smallest absolute Gasteiger partial charge is 0.0163 e. The van der Waals surface area contributed by atoms with E-state index in [-0.39, 0.29) is 30.9 Å². The van der Waals surface area contributed by atoms with E-state index in [2.05, 4.69) is 154 Å². The quantitative estimate of drug-likeness (QED) is 0.166. The van der Waals surface area contributed by atoms with Gasteiger partial charge in [-0.25, -0.2) is 0 Å². The van der Waals surface area contributed by atoms with Crippen molar-refractivity contribution in [3.63, 3.8) is 0 Å². The number of hydrogen-bond donors (Lipinski definition) is 0. The van der Waals surface area contributed by atoms with Crippen molar-refractivity contribution in [2.45, 2.75) is 45.4 Å². The van der Waals surface area contributed by atoms with Gasteiger partial charge in [0.1, 0.15) is 0 Å². The van der Waals surface area contributed by atoms with Crippen LogP contribution in [0, 0.1) is 12.1 Å². The van der Waals surface area contributed by atoms with Crippen LogP contribution in [0.25, 0.3) is 55.5 Å². The van der Waals surface area contributed by atoms with Gasteiger partial charge in [0.05, 0.1) is 0 Å². The summed E-state index contributed by atoms with van der Waals surface area (Å²) in [6.45, 7) is 11.3. The van der Waals surface area contributed by atoms with Gasteiger partial charge in [0.15, 0.2) is 0 Å². The molecule has 0 atom stereocenters. The molecule has 2 nitrogen and oxygen atoms in total. The molecule has 0 fully saturated rings. The predicted octanol–water partition coefficient (Wildman–Crippen LogP) is 11.5. The largest absolute Gasteiger partial charge is 0.305 e. The summed E-state index contributed by atoms with van der Waals surface area (Å²) < 4.78 is 0. The predicted molar refractivity (Wildman–Crippen MR) is 196 cm³/mol. The maximum atomic E-state index is 4.59. The number of nitrogens with zero attached hydrogens (tertiary/aromatic N) is 2. The van der Waals surface area contributed by atoms with E-state index in [0.717, 1.165) is 22.5 Å². The zero-order valence-corrected chi connectivity index (χ0v) is 30.4. The van der Waals surface area contributed by atoms with E-state index in [9.17, 15) is 0 Å². The molecule has 0 spiro atoms. The summed E-state index contributed by atoms with van der Waals surface area (Å²) in [6.07, 6.45) is 3.74. The Kier molecular flexibility index (Phi) is 9.30. The van der Waals surface area contributed by atoms with Gasteiger partial charge in [-0.15, -0.1) is 64.7 Å². The van der Waals surface area contributed by atoms with Crippen LogP contribution in [0.15, 0.2) is 140 Å². The summed E-state index contributed by atoms with van der Waals surface area (Å²) in [5, 5.41) is 2.64. The van der Waals surface area contributed by atoms with Gasteiger partial charge in [0, 0.05) is 32.5 Å². The minimum atomic E-state index is -0.0872. The first-order valence-corrected chi connectivity index (χ1v) is 16.2. The van der Waals surface area contributed by atoms with Crippen molar-refractivity contribution in [2.75, 3.05) is 0 Å². The molecule has 0 bridgehead atoms. The molecule has 0 aliphatic heterocycles. The Morgan fingerprint density at radius 3 is 2.06 bits per heavy atom. The summed E-state index contributed by atoms with van der Waals surface area (Å²) in [6, 6.07) is 51.1. The van der Waals surface area contributed by atoms with Crippen LogP contribution in [-0.4, -0.2) is 9.97 Å². The number of benzene rings is 5. The van der Waals surface area contributed by atoms with E-state index in [1.54, 1.807) is 0 Å². The standard InChI is InChI=1S/C24H18N.C21H20N.Ir/c1-24(2)22-17-9-4-3-8-16(17)13-14-19(22)18-10-7-11-20(23(18)24)21-12-5-6-15-25-21;1-21(2,3)19-12-13-22-20(15-19)18-11-7-10-17(14-18)16-8-5-4-6-9-16;/h3-10,12-15H,1-2H3;4-10,12-15H,1-3H3;/q2*-1;. The fourth-order valence-electron chi connectivity index (χ4n) is 6.85. The van der Waals surface area contributed by atoms with E-state index < -0.39 is 0 Å². The summed E-state index contributed by atoms with van der Waals surface area (Å²) >= 11 is 0. The van der Waals surface area contributed by atoms with Crippen molar-refractivity contribution in [3.8, 4) is 44.8 Å². The number of fused-ring (bicyclic) bond motifs is 5. The Hall–Kier alpha value is -4.69. The molecule has 0 unspecified atom stereocenters. The fraction of sp³-hybridized carbons (Fsp3) is 0.156. The van der Waals surface area contributed by atoms with Gasteiger partial charge in [-0.2, -0.15) is 0 Å². The molecule has 0 saturated carbocycles. The molecule has 0 amide bonds. The fourth-order valence-corrected chi connectivity index (χ4v) is 6.85. The van der Waals surface area contributed by atoms with Crippen molar-refractivity contribution in [1.82, 2.24) is 9.97 Å². The summed E-state index contributed by atoms with van der Waals surface area (Å²) in [5.41, 5.74) is 13.2. The van der Waals surface area contributed by atoms with Gasteiger partial charge in [-0.1, -0.05) is 125 Å². The van der Waals surface area contributed by atoms with E-state index in [1.807, 2.05) is 42.7 Å². The van der Waals surface area contributed by atoms with E-state index in [4.69, 9.17) is 0 Å². The van der Waals surface area contributed by atoms with Crippen LogP contribution in [0.3, 0.4) is 0 Å². The minimum Gasteiger partial charge on any atom is -0.305 e. The first-order valence-electron chi connectivity index (χ1n) is 16.2. The second kappa shape index (κ2) is 13.4. The first kappa shape index (κ1) is 33.2. The average molecular weight is 799 g/mol. The van der Waals surface area contributed by atoms with Crippen molar-refractivity contribution in [1.29, 1.82) is 0 Å². The van der Waals surface area contributed by atoms with Gasteiger partial charge in [0.25, 0.3) is 0 Å². The third kappa shape index (κ3) is 6.29. The molecule has 3 heteroatoms. The zero-order valence-electron chi connectivity index (χ0n) is 28.0. The molecule has 0 N–H and O–H groups in total. The van der Waals surface area contributed by atoms with Gasteiger partial charge >= 0.3 is 0 Å². The number of rotatable bonds is 3. The third-order valence-electron chi connectivity index (χ3n) is 9.20. The Bertz CT molecular complexity index is 2200. The molecule has 1 radical (unpaired) electrons. The van der Waals surface area contributed by atoms with Crippen molar-refractivity contribution in [2.24, 2.45) is 0 Å². The number of hydrogen-bond acceptors (Lipinski definition) is 2. The van der Waals surface area contributed by atoms with E-state index in [1.165, 1.54) is 49.7 Å². The second-order valence-corrected chi connectivity index (χ2v) is 13.7. The van der Waals surface area contributed by atoms with Crippen LogP contribution in [-0.2, 0) is 30.9 Å². The van der Waals surface area contributed by atoms with Gasteiger partial charge in [-0.3, -0.25) is 0 Å². The zero-order chi connectivity index (χ0) is 32.6.